The van der Waals surface area contributed by atoms with Crippen molar-refractivity contribution >= 4 is 64.6 Å². The van der Waals surface area contributed by atoms with Crippen molar-refractivity contribution in [2.75, 3.05) is 0 Å². The van der Waals surface area contributed by atoms with Gasteiger partial charge in [-0.2, -0.15) is 0 Å². The Morgan fingerprint density at radius 1 is 0.269 bits per heavy atom. The lowest BCUT2D eigenvalue weighted by molar-refractivity contribution is 1.49. The van der Waals surface area contributed by atoms with Crippen LogP contribution in [0.3, 0.4) is 0 Å². The molecule has 0 fully saturated rings. The van der Waals surface area contributed by atoms with Gasteiger partial charge in [-0.1, -0.05) is 169 Å². The van der Waals surface area contributed by atoms with Gasteiger partial charge in [-0.05, 0) is 137 Å². The second-order valence-corrected chi connectivity index (χ2v) is 14.6. The van der Waals surface area contributed by atoms with Gasteiger partial charge in [0.1, 0.15) is 0 Å². The zero-order valence-corrected chi connectivity index (χ0v) is 30.0. The van der Waals surface area contributed by atoms with Crippen molar-refractivity contribution in [3.05, 3.63) is 180 Å². The van der Waals surface area contributed by atoms with Gasteiger partial charge in [-0.25, -0.2) is 0 Å². The Balaban J connectivity index is 1.28. The summed E-state index contributed by atoms with van der Waals surface area (Å²) in [6.07, 6.45) is 0. The fraction of sp³-hybridized carbons (Fsp3) is 0.0769. The Bertz CT molecular complexity index is 3090. The summed E-state index contributed by atoms with van der Waals surface area (Å²) >= 11 is 0. The first-order valence-electron chi connectivity index (χ1n) is 18.4. The van der Waals surface area contributed by atoms with Crippen LogP contribution < -0.4 is 0 Å². The summed E-state index contributed by atoms with van der Waals surface area (Å²) in [7, 11) is 0. The molecule has 0 N–H and O–H groups in total. The molecule has 0 saturated heterocycles. The summed E-state index contributed by atoms with van der Waals surface area (Å²) in [6.45, 7) is 8.98. The molecule has 10 aromatic carbocycles. The van der Waals surface area contributed by atoms with E-state index in [1.165, 1.54) is 120 Å². The molecule has 0 spiro atoms. The van der Waals surface area contributed by atoms with Crippen molar-refractivity contribution in [1.82, 2.24) is 0 Å². The third kappa shape index (κ3) is 4.47. The molecule has 0 heterocycles. The molecule has 0 aromatic heterocycles. The molecular weight excluding hydrogens is 625 g/mol. The SMILES string of the molecule is Cc1ccc2c(-c3cccc4c(-c5cccc6c5ccc5c(C)c7ccccc7c(C)c56)cccc34)c3cc(C)ccc3c(-c3ccccc3)c2c1. The Kier molecular flexibility index (Phi) is 6.85. The molecule has 0 aliphatic carbocycles. The summed E-state index contributed by atoms with van der Waals surface area (Å²) in [5.41, 5.74) is 12.9. The summed E-state index contributed by atoms with van der Waals surface area (Å²) in [5.74, 6) is 0. The monoisotopic (exact) mass is 662 g/mol. The average Bonchev–Trinajstić information content (AvgIpc) is 3.18. The van der Waals surface area contributed by atoms with Crippen LogP contribution in [0.2, 0.25) is 0 Å². The molecule has 0 aliphatic rings. The van der Waals surface area contributed by atoms with Crippen LogP contribution >= 0.6 is 0 Å². The average molecular weight is 663 g/mol. The van der Waals surface area contributed by atoms with Gasteiger partial charge >= 0.3 is 0 Å². The van der Waals surface area contributed by atoms with E-state index in [4.69, 9.17) is 0 Å². The van der Waals surface area contributed by atoms with Crippen LogP contribution in [0, 0.1) is 27.7 Å². The fourth-order valence-corrected chi connectivity index (χ4v) is 9.15. The first kappa shape index (κ1) is 30.6. The molecule has 0 atom stereocenters. The predicted molar refractivity (Wildman–Crippen MR) is 227 cm³/mol. The van der Waals surface area contributed by atoms with E-state index in [1.54, 1.807) is 0 Å². The zero-order chi connectivity index (χ0) is 35.1. The topological polar surface area (TPSA) is 0 Å². The van der Waals surface area contributed by atoms with Crippen molar-refractivity contribution in [2.45, 2.75) is 27.7 Å². The highest BCUT2D eigenvalue weighted by Gasteiger charge is 2.20. The van der Waals surface area contributed by atoms with Gasteiger partial charge < -0.3 is 0 Å². The van der Waals surface area contributed by atoms with E-state index in [0.717, 1.165) is 0 Å². The van der Waals surface area contributed by atoms with E-state index in [2.05, 4.69) is 185 Å². The van der Waals surface area contributed by atoms with Crippen LogP contribution in [0.4, 0.5) is 0 Å². The summed E-state index contributed by atoms with van der Waals surface area (Å²) in [5, 5.41) is 15.7. The lowest BCUT2D eigenvalue weighted by atomic mass is 9.83. The highest BCUT2D eigenvalue weighted by molar-refractivity contribution is 6.25. The van der Waals surface area contributed by atoms with E-state index in [-0.39, 0.29) is 0 Å². The van der Waals surface area contributed by atoms with Crippen LogP contribution in [-0.2, 0) is 0 Å². The Morgan fingerprint density at radius 3 is 1.40 bits per heavy atom. The molecule has 0 bridgehead atoms. The van der Waals surface area contributed by atoms with Gasteiger partial charge in [0.2, 0.25) is 0 Å². The molecule has 10 rings (SSSR count). The minimum absolute atomic E-state index is 1.25. The maximum Gasteiger partial charge on any atom is -0.00200 e. The van der Waals surface area contributed by atoms with E-state index < -0.39 is 0 Å². The largest absolute Gasteiger partial charge is 0.0622 e. The van der Waals surface area contributed by atoms with Crippen molar-refractivity contribution in [3.8, 4) is 33.4 Å². The fourth-order valence-electron chi connectivity index (χ4n) is 9.15. The molecule has 52 heavy (non-hydrogen) atoms. The molecule has 0 amide bonds. The predicted octanol–water partition coefficient (Wildman–Crippen LogP) is 14.8. The summed E-state index contributed by atoms with van der Waals surface area (Å²) < 4.78 is 0. The van der Waals surface area contributed by atoms with Crippen molar-refractivity contribution in [2.24, 2.45) is 0 Å². The third-order valence-electron chi connectivity index (χ3n) is 11.5. The Labute approximate surface area is 304 Å². The van der Waals surface area contributed by atoms with Crippen LogP contribution in [0.1, 0.15) is 22.3 Å². The molecule has 0 saturated carbocycles. The van der Waals surface area contributed by atoms with Gasteiger partial charge in [0.25, 0.3) is 0 Å². The van der Waals surface area contributed by atoms with E-state index in [1.807, 2.05) is 0 Å². The molecule has 0 aliphatic heterocycles. The van der Waals surface area contributed by atoms with Crippen molar-refractivity contribution < 1.29 is 0 Å². The maximum atomic E-state index is 2.39. The van der Waals surface area contributed by atoms with E-state index in [9.17, 15) is 0 Å². The van der Waals surface area contributed by atoms with E-state index in [0.29, 0.717) is 0 Å². The molecule has 0 heteroatoms. The summed E-state index contributed by atoms with van der Waals surface area (Å²) in [4.78, 5) is 0. The number of aryl methyl sites for hydroxylation is 4. The quantitative estimate of drug-likeness (QED) is 0.130. The van der Waals surface area contributed by atoms with Crippen LogP contribution in [-0.4, -0.2) is 0 Å². The lowest BCUT2D eigenvalue weighted by Gasteiger charge is -2.20. The van der Waals surface area contributed by atoms with Gasteiger partial charge in [0.05, 0.1) is 0 Å². The first-order chi connectivity index (χ1) is 25.5. The standard InChI is InChI=1S/C52H38/c1-31-24-26-47-48(29-31)51(35-13-6-5-7-14-35)46-25-23-32(2)30-49(46)52(47)45-22-12-18-40-39(17-10-20-42(40)45)41-19-11-21-44-43(41)28-27-38-33(3)36-15-8-9-16-37(36)34(4)50(38)44/h5-30H,1-4H3. The molecular formula is C52H38. The normalized spacial score (nSPS) is 11.8. The van der Waals surface area contributed by atoms with Crippen molar-refractivity contribution in [1.29, 1.82) is 0 Å². The Hall–Kier alpha value is -6.24. The van der Waals surface area contributed by atoms with Gasteiger partial charge in [-0.15, -0.1) is 0 Å². The van der Waals surface area contributed by atoms with Crippen LogP contribution in [0.25, 0.3) is 98.0 Å². The molecule has 0 unspecified atom stereocenters. The van der Waals surface area contributed by atoms with Crippen LogP contribution in [0.5, 0.6) is 0 Å². The molecule has 0 radical (unpaired) electrons. The highest BCUT2D eigenvalue weighted by Crippen LogP contribution is 2.47. The number of benzene rings is 10. The second kappa shape index (κ2) is 11.7. The maximum absolute atomic E-state index is 2.39. The summed E-state index contributed by atoms with van der Waals surface area (Å²) in [6, 6.07) is 59.1. The zero-order valence-electron chi connectivity index (χ0n) is 30.0. The van der Waals surface area contributed by atoms with Crippen molar-refractivity contribution in [3.63, 3.8) is 0 Å². The third-order valence-corrected chi connectivity index (χ3v) is 11.5. The molecule has 10 aromatic rings. The number of fused-ring (bicyclic) bond motifs is 7. The van der Waals surface area contributed by atoms with Gasteiger partial charge in [-0.3, -0.25) is 0 Å². The van der Waals surface area contributed by atoms with Crippen LogP contribution in [0.15, 0.2) is 158 Å². The van der Waals surface area contributed by atoms with Gasteiger partial charge in [0.15, 0.2) is 0 Å². The van der Waals surface area contributed by atoms with Gasteiger partial charge in [0, 0.05) is 0 Å². The number of rotatable bonds is 3. The highest BCUT2D eigenvalue weighted by atomic mass is 14.2. The number of hydrogen-bond acceptors (Lipinski definition) is 0. The number of hydrogen-bond donors (Lipinski definition) is 0. The van der Waals surface area contributed by atoms with E-state index >= 15 is 0 Å². The molecule has 246 valence electrons. The smallest absolute Gasteiger partial charge is 0.00200 e. The molecule has 0 nitrogen and oxygen atoms in total. The second-order valence-electron chi connectivity index (χ2n) is 14.6. The Morgan fingerprint density at radius 2 is 0.731 bits per heavy atom. The minimum Gasteiger partial charge on any atom is -0.0622 e. The minimum atomic E-state index is 1.25. The lowest BCUT2D eigenvalue weighted by Crippen LogP contribution is -1.93. The first-order valence-corrected chi connectivity index (χ1v) is 18.4.